The third kappa shape index (κ3) is 7.32. The van der Waals surface area contributed by atoms with Crippen LogP contribution < -0.4 is 16.0 Å². The first-order valence-corrected chi connectivity index (χ1v) is 5.62. The fraction of sp³-hybridized carbons (Fsp3) is 0.727. The van der Waals surface area contributed by atoms with Gasteiger partial charge in [-0.05, 0) is 0 Å². The van der Waals surface area contributed by atoms with Crippen LogP contribution >= 0.6 is 0 Å². The van der Waals surface area contributed by atoms with Gasteiger partial charge in [0.25, 0.3) is 0 Å². The first-order chi connectivity index (χ1) is 7.86. The first kappa shape index (κ1) is 15.4. The monoisotopic (exact) mass is 243 g/mol. The number of rotatable bonds is 6. The summed E-state index contributed by atoms with van der Waals surface area (Å²) < 4.78 is 0. The molecule has 0 unspecified atom stereocenters. The molecular weight excluding hydrogens is 222 g/mol. The van der Waals surface area contributed by atoms with Crippen molar-refractivity contribution < 1.29 is 14.4 Å². The average Bonchev–Trinajstić information content (AvgIpc) is 2.24. The van der Waals surface area contributed by atoms with Crippen LogP contribution in [0.15, 0.2) is 0 Å². The Bertz CT molecular complexity index is 290. The molecule has 0 aliphatic rings. The van der Waals surface area contributed by atoms with Crippen LogP contribution in [0.2, 0.25) is 0 Å². The number of hydrogen-bond donors (Lipinski definition) is 3. The average molecular weight is 243 g/mol. The van der Waals surface area contributed by atoms with E-state index in [4.69, 9.17) is 0 Å². The standard InChI is InChI=1S/C11H21N3O3/c1-7(2)11(17)13-6-9(14-8(3)15)5-10(16)12-4/h7,9H,5-6H2,1-4H3,(H,12,16)(H,13,17)(H,14,15)/t9-/m0/s1. The molecule has 0 radical (unpaired) electrons. The molecule has 0 spiro atoms. The summed E-state index contributed by atoms with van der Waals surface area (Å²) in [5.74, 6) is -0.620. The Kier molecular flexibility index (Phi) is 6.93. The topological polar surface area (TPSA) is 87.3 Å². The minimum atomic E-state index is -0.379. The number of nitrogens with one attached hydrogen (secondary N) is 3. The highest BCUT2D eigenvalue weighted by Crippen LogP contribution is 1.94. The largest absolute Gasteiger partial charge is 0.359 e. The Morgan fingerprint density at radius 1 is 1.18 bits per heavy atom. The van der Waals surface area contributed by atoms with Gasteiger partial charge in [-0.3, -0.25) is 14.4 Å². The van der Waals surface area contributed by atoms with Crippen LogP contribution in [0, 0.1) is 5.92 Å². The quantitative estimate of drug-likeness (QED) is 0.582. The normalized spacial score (nSPS) is 11.8. The molecule has 0 aromatic heterocycles. The van der Waals surface area contributed by atoms with E-state index in [2.05, 4.69) is 16.0 Å². The zero-order valence-electron chi connectivity index (χ0n) is 10.8. The van der Waals surface area contributed by atoms with E-state index in [-0.39, 0.29) is 42.6 Å². The molecule has 0 aromatic carbocycles. The van der Waals surface area contributed by atoms with Gasteiger partial charge in [-0.15, -0.1) is 0 Å². The minimum Gasteiger partial charge on any atom is -0.359 e. The van der Waals surface area contributed by atoms with Gasteiger partial charge in [0.05, 0.1) is 6.04 Å². The van der Waals surface area contributed by atoms with Crippen LogP contribution in [-0.4, -0.2) is 37.4 Å². The lowest BCUT2D eigenvalue weighted by Crippen LogP contribution is -2.46. The Hall–Kier alpha value is -1.59. The molecule has 0 aliphatic carbocycles. The number of hydrogen-bond acceptors (Lipinski definition) is 3. The second-order valence-electron chi connectivity index (χ2n) is 4.17. The van der Waals surface area contributed by atoms with Crippen LogP contribution in [-0.2, 0) is 14.4 Å². The zero-order chi connectivity index (χ0) is 13.4. The van der Waals surface area contributed by atoms with Gasteiger partial charge in [0.15, 0.2) is 0 Å². The predicted octanol–water partition coefficient (Wildman–Crippen LogP) is -0.601. The predicted molar refractivity (Wildman–Crippen MR) is 64.1 cm³/mol. The molecule has 0 aromatic rings. The van der Waals surface area contributed by atoms with Gasteiger partial charge >= 0.3 is 0 Å². The molecule has 6 nitrogen and oxygen atoms in total. The van der Waals surface area contributed by atoms with Gasteiger partial charge in [0.2, 0.25) is 17.7 Å². The smallest absolute Gasteiger partial charge is 0.222 e. The summed E-state index contributed by atoms with van der Waals surface area (Å²) in [5.41, 5.74) is 0. The Balaban J connectivity index is 4.23. The SMILES string of the molecule is CNC(=O)C[C@@H](CNC(=O)C(C)C)NC(C)=O. The van der Waals surface area contributed by atoms with Gasteiger partial charge in [0, 0.05) is 32.9 Å². The highest BCUT2D eigenvalue weighted by atomic mass is 16.2. The first-order valence-electron chi connectivity index (χ1n) is 5.62. The summed E-state index contributed by atoms with van der Waals surface area (Å²) >= 11 is 0. The zero-order valence-corrected chi connectivity index (χ0v) is 10.8. The van der Waals surface area contributed by atoms with E-state index in [9.17, 15) is 14.4 Å². The highest BCUT2D eigenvalue weighted by molar-refractivity contribution is 5.80. The summed E-state index contributed by atoms with van der Waals surface area (Å²) in [6, 6.07) is -0.379. The summed E-state index contributed by atoms with van der Waals surface area (Å²) in [4.78, 5) is 33.5. The Labute approximate surface area is 102 Å². The molecule has 0 saturated heterocycles. The number of carbonyl (C=O) groups excluding carboxylic acids is 3. The fourth-order valence-corrected chi connectivity index (χ4v) is 1.22. The van der Waals surface area contributed by atoms with E-state index in [1.54, 1.807) is 13.8 Å². The summed E-state index contributed by atoms with van der Waals surface area (Å²) in [6.07, 6.45) is 0.147. The summed E-state index contributed by atoms with van der Waals surface area (Å²) in [5, 5.41) is 7.78. The summed E-state index contributed by atoms with van der Waals surface area (Å²) in [6.45, 7) is 5.19. The van der Waals surface area contributed by atoms with Crippen LogP contribution in [0.4, 0.5) is 0 Å². The molecule has 3 N–H and O–H groups in total. The molecule has 0 rings (SSSR count). The van der Waals surface area contributed by atoms with Crippen molar-refractivity contribution in [2.75, 3.05) is 13.6 Å². The Morgan fingerprint density at radius 2 is 1.76 bits per heavy atom. The van der Waals surface area contributed by atoms with Gasteiger partial charge in [-0.25, -0.2) is 0 Å². The van der Waals surface area contributed by atoms with Gasteiger partial charge in [-0.2, -0.15) is 0 Å². The van der Waals surface area contributed by atoms with E-state index in [1.807, 2.05) is 0 Å². The maximum Gasteiger partial charge on any atom is 0.222 e. The maximum absolute atomic E-state index is 11.4. The molecule has 0 heterocycles. The van der Waals surface area contributed by atoms with Gasteiger partial charge < -0.3 is 16.0 Å². The lowest BCUT2D eigenvalue weighted by molar-refractivity contribution is -0.126. The van der Waals surface area contributed by atoms with E-state index in [1.165, 1.54) is 14.0 Å². The Morgan fingerprint density at radius 3 is 2.18 bits per heavy atom. The van der Waals surface area contributed by atoms with Crippen LogP contribution in [0.1, 0.15) is 27.2 Å². The van der Waals surface area contributed by atoms with Crippen molar-refractivity contribution in [3.63, 3.8) is 0 Å². The van der Waals surface area contributed by atoms with E-state index in [0.29, 0.717) is 0 Å². The van der Waals surface area contributed by atoms with E-state index in [0.717, 1.165) is 0 Å². The van der Waals surface area contributed by atoms with Crippen molar-refractivity contribution in [1.82, 2.24) is 16.0 Å². The van der Waals surface area contributed by atoms with Crippen molar-refractivity contribution in [1.29, 1.82) is 0 Å². The second kappa shape index (κ2) is 7.65. The van der Waals surface area contributed by atoms with Crippen molar-refractivity contribution >= 4 is 17.7 Å². The highest BCUT2D eigenvalue weighted by Gasteiger charge is 2.16. The second-order valence-corrected chi connectivity index (χ2v) is 4.17. The third-order valence-electron chi connectivity index (χ3n) is 2.17. The van der Waals surface area contributed by atoms with E-state index < -0.39 is 0 Å². The van der Waals surface area contributed by atoms with Gasteiger partial charge in [-0.1, -0.05) is 13.8 Å². The number of carbonyl (C=O) groups is 3. The van der Waals surface area contributed by atoms with Crippen LogP contribution in [0.5, 0.6) is 0 Å². The molecule has 0 fully saturated rings. The van der Waals surface area contributed by atoms with Gasteiger partial charge in [0.1, 0.15) is 0 Å². The molecule has 17 heavy (non-hydrogen) atoms. The molecule has 6 heteroatoms. The molecule has 0 saturated carbocycles. The van der Waals surface area contributed by atoms with E-state index >= 15 is 0 Å². The molecular formula is C11H21N3O3. The van der Waals surface area contributed by atoms with Crippen molar-refractivity contribution in [2.24, 2.45) is 5.92 Å². The molecule has 0 aliphatic heterocycles. The van der Waals surface area contributed by atoms with Crippen molar-refractivity contribution in [3.8, 4) is 0 Å². The number of amides is 3. The van der Waals surface area contributed by atoms with Crippen LogP contribution in [0.3, 0.4) is 0 Å². The molecule has 1 atom stereocenters. The third-order valence-corrected chi connectivity index (χ3v) is 2.17. The molecule has 3 amide bonds. The van der Waals surface area contributed by atoms with Crippen molar-refractivity contribution in [2.45, 2.75) is 33.2 Å². The maximum atomic E-state index is 11.4. The lowest BCUT2D eigenvalue weighted by Gasteiger charge is -2.18. The fourth-order valence-electron chi connectivity index (χ4n) is 1.22. The van der Waals surface area contributed by atoms with Crippen molar-refractivity contribution in [3.05, 3.63) is 0 Å². The molecule has 0 bridgehead atoms. The molecule has 98 valence electrons. The minimum absolute atomic E-state index is 0.0998. The summed E-state index contributed by atoms with van der Waals surface area (Å²) in [7, 11) is 1.53. The van der Waals surface area contributed by atoms with Crippen LogP contribution in [0.25, 0.3) is 0 Å². The lowest BCUT2D eigenvalue weighted by atomic mass is 10.1.